The number of aromatic nitrogens is 1. The molecule has 0 aromatic carbocycles. The molecule has 25 heavy (non-hydrogen) atoms. The van der Waals surface area contributed by atoms with Crippen LogP contribution < -0.4 is 11.1 Å². The zero-order valence-electron chi connectivity index (χ0n) is 14.3. The van der Waals surface area contributed by atoms with Crippen LogP contribution in [0.15, 0.2) is 22.8 Å². The number of anilines is 1. The number of halogens is 3. The second-order valence-corrected chi connectivity index (χ2v) is 7.01. The van der Waals surface area contributed by atoms with Gasteiger partial charge in [0.05, 0.1) is 5.92 Å². The Morgan fingerprint density at radius 3 is 2.36 bits per heavy atom. The van der Waals surface area contributed by atoms with Gasteiger partial charge in [0, 0.05) is 35.7 Å². The van der Waals surface area contributed by atoms with E-state index >= 15 is 0 Å². The highest BCUT2D eigenvalue weighted by Crippen LogP contribution is 2.21. The lowest BCUT2D eigenvalue weighted by Gasteiger charge is -2.33. The van der Waals surface area contributed by atoms with Gasteiger partial charge in [-0.3, -0.25) is 9.59 Å². The summed E-state index contributed by atoms with van der Waals surface area (Å²) in [5.74, 6) is 0.310. The summed E-state index contributed by atoms with van der Waals surface area (Å²) in [6.45, 7) is 4.89. The zero-order chi connectivity index (χ0) is 17.0. The van der Waals surface area contributed by atoms with Crippen molar-refractivity contribution in [1.82, 2.24) is 9.88 Å². The van der Waals surface area contributed by atoms with Crippen molar-refractivity contribution in [1.29, 1.82) is 0 Å². The number of hydrogen-bond donors (Lipinski definition) is 2. The predicted molar refractivity (Wildman–Crippen MR) is 107 cm³/mol. The molecule has 1 aliphatic rings. The number of piperidine rings is 1. The maximum Gasteiger partial charge on any atom is 0.228 e. The summed E-state index contributed by atoms with van der Waals surface area (Å²) >= 11 is 3.31. The largest absolute Gasteiger partial charge is 0.342 e. The number of carbonyl (C=O) groups excluding carboxylic acids is 2. The Hall–Kier alpha value is -0.890. The van der Waals surface area contributed by atoms with Crippen LogP contribution in [0.25, 0.3) is 0 Å². The zero-order valence-corrected chi connectivity index (χ0v) is 17.5. The van der Waals surface area contributed by atoms with E-state index in [-0.39, 0.29) is 54.5 Å². The molecule has 1 aromatic rings. The monoisotopic (exact) mass is 454 g/mol. The molecule has 2 heterocycles. The Balaban J connectivity index is 0.00000288. The minimum absolute atomic E-state index is 0. The Kier molecular flexibility index (Phi) is 10.6. The molecule has 0 saturated carbocycles. The SMILES string of the molecule is CC(N)C(C)C(=O)N1CCC(C(=O)Nc2ccc(Br)cn2)CC1.Cl.Cl. The highest BCUT2D eigenvalue weighted by atomic mass is 79.9. The van der Waals surface area contributed by atoms with Crippen LogP contribution in [0.1, 0.15) is 26.7 Å². The number of nitrogens with one attached hydrogen (secondary N) is 1. The van der Waals surface area contributed by atoms with Gasteiger partial charge in [-0.15, -0.1) is 24.8 Å². The van der Waals surface area contributed by atoms with Crippen LogP contribution in [0.4, 0.5) is 5.82 Å². The molecule has 6 nitrogen and oxygen atoms in total. The van der Waals surface area contributed by atoms with Crippen molar-refractivity contribution in [2.75, 3.05) is 18.4 Å². The van der Waals surface area contributed by atoms with Crippen molar-refractivity contribution >= 4 is 58.4 Å². The number of pyridine rings is 1. The van der Waals surface area contributed by atoms with Gasteiger partial charge in [0.1, 0.15) is 5.82 Å². The van der Waals surface area contributed by atoms with Crippen LogP contribution in [-0.2, 0) is 9.59 Å². The maximum absolute atomic E-state index is 12.3. The normalized spacial score (nSPS) is 16.9. The number of amides is 2. The lowest BCUT2D eigenvalue weighted by atomic mass is 9.94. The number of rotatable bonds is 4. The predicted octanol–water partition coefficient (Wildman–Crippen LogP) is 2.85. The molecule has 2 unspecified atom stereocenters. The molecule has 2 atom stereocenters. The summed E-state index contributed by atoms with van der Waals surface area (Å²) in [7, 11) is 0. The molecule has 0 aliphatic carbocycles. The molecule has 1 saturated heterocycles. The van der Waals surface area contributed by atoms with E-state index in [1.807, 2.05) is 24.8 Å². The average Bonchev–Trinajstić information content (AvgIpc) is 2.55. The fraction of sp³-hybridized carbons (Fsp3) is 0.562. The summed E-state index contributed by atoms with van der Waals surface area (Å²) in [6, 6.07) is 3.43. The summed E-state index contributed by atoms with van der Waals surface area (Å²) in [5.41, 5.74) is 5.79. The molecule has 0 bridgehead atoms. The van der Waals surface area contributed by atoms with E-state index in [1.165, 1.54) is 0 Å². The third kappa shape index (κ3) is 6.73. The first-order chi connectivity index (χ1) is 10.9. The Labute approximate surface area is 169 Å². The molecule has 9 heteroatoms. The van der Waals surface area contributed by atoms with Crippen LogP contribution in [-0.4, -0.2) is 40.8 Å². The van der Waals surface area contributed by atoms with E-state index in [9.17, 15) is 9.59 Å². The van der Waals surface area contributed by atoms with E-state index in [2.05, 4.69) is 26.2 Å². The van der Waals surface area contributed by atoms with Gasteiger partial charge in [-0.05, 0) is 47.8 Å². The van der Waals surface area contributed by atoms with Crippen LogP contribution >= 0.6 is 40.7 Å². The van der Waals surface area contributed by atoms with Gasteiger partial charge in [0.25, 0.3) is 0 Å². The molecule has 0 radical (unpaired) electrons. The van der Waals surface area contributed by atoms with Gasteiger partial charge in [-0.1, -0.05) is 6.92 Å². The van der Waals surface area contributed by atoms with E-state index in [4.69, 9.17) is 5.73 Å². The van der Waals surface area contributed by atoms with Crippen molar-refractivity contribution in [2.24, 2.45) is 17.6 Å². The van der Waals surface area contributed by atoms with Crippen LogP contribution in [0.2, 0.25) is 0 Å². The lowest BCUT2D eigenvalue weighted by molar-refractivity contribution is -0.138. The van der Waals surface area contributed by atoms with E-state index < -0.39 is 0 Å². The van der Waals surface area contributed by atoms with Gasteiger partial charge < -0.3 is 16.0 Å². The Morgan fingerprint density at radius 1 is 1.28 bits per heavy atom. The van der Waals surface area contributed by atoms with E-state index in [1.54, 1.807) is 12.3 Å². The minimum Gasteiger partial charge on any atom is -0.342 e. The first-order valence-electron chi connectivity index (χ1n) is 7.85. The highest BCUT2D eigenvalue weighted by Gasteiger charge is 2.30. The number of likely N-dealkylation sites (tertiary alicyclic amines) is 1. The molecular formula is C16H25BrCl2N4O2. The second kappa shape index (κ2) is 11.0. The van der Waals surface area contributed by atoms with Gasteiger partial charge in [0.15, 0.2) is 0 Å². The van der Waals surface area contributed by atoms with Crippen LogP contribution in [0, 0.1) is 11.8 Å². The molecule has 0 spiro atoms. The molecule has 142 valence electrons. The third-order valence-electron chi connectivity index (χ3n) is 4.33. The van der Waals surface area contributed by atoms with Gasteiger partial charge in [-0.25, -0.2) is 4.98 Å². The Morgan fingerprint density at radius 2 is 1.88 bits per heavy atom. The highest BCUT2D eigenvalue weighted by molar-refractivity contribution is 9.10. The number of nitrogens with zero attached hydrogens (tertiary/aromatic N) is 2. The van der Waals surface area contributed by atoms with E-state index in [0.29, 0.717) is 31.7 Å². The molecule has 2 amide bonds. The lowest BCUT2D eigenvalue weighted by Crippen LogP contribution is -2.46. The minimum atomic E-state index is -0.188. The number of nitrogens with two attached hydrogens (primary N) is 1. The van der Waals surface area contributed by atoms with Gasteiger partial charge in [0.2, 0.25) is 11.8 Å². The summed E-state index contributed by atoms with van der Waals surface area (Å²) < 4.78 is 0.866. The van der Waals surface area contributed by atoms with Gasteiger partial charge >= 0.3 is 0 Å². The van der Waals surface area contributed by atoms with E-state index in [0.717, 1.165) is 4.47 Å². The van der Waals surface area contributed by atoms with Crippen molar-refractivity contribution in [3.05, 3.63) is 22.8 Å². The molecule has 1 aromatic heterocycles. The topological polar surface area (TPSA) is 88.3 Å². The molecule has 1 aliphatic heterocycles. The number of carbonyl (C=O) groups is 2. The molecule has 3 N–H and O–H groups in total. The smallest absolute Gasteiger partial charge is 0.228 e. The second-order valence-electron chi connectivity index (χ2n) is 6.10. The van der Waals surface area contributed by atoms with Crippen LogP contribution in [0.3, 0.4) is 0 Å². The van der Waals surface area contributed by atoms with Crippen molar-refractivity contribution < 1.29 is 9.59 Å². The van der Waals surface area contributed by atoms with Crippen LogP contribution in [0.5, 0.6) is 0 Å². The fourth-order valence-corrected chi connectivity index (χ4v) is 2.79. The van der Waals surface area contributed by atoms with Gasteiger partial charge in [-0.2, -0.15) is 0 Å². The average molecular weight is 456 g/mol. The number of hydrogen-bond acceptors (Lipinski definition) is 4. The molecular weight excluding hydrogens is 431 g/mol. The quantitative estimate of drug-likeness (QED) is 0.730. The summed E-state index contributed by atoms with van der Waals surface area (Å²) in [6.07, 6.45) is 2.98. The first-order valence-corrected chi connectivity index (χ1v) is 8.64. The Bertz CT molecular complexity index is 564. The van der Waals surface area contributed by atoms with Crippen molar-refractivity contribution in [2.45, 2.75) is 32.7 Å². The maximum atomic E-state index is 12.3. The molecule has 1 fully saturated rings. The summed E-state index contributed by atoms with van der Waals surface area (Å²) in [4.78, 5) is 30.5. The van der Waals surface area contributed by atoms with Crippen molar-refractivity contribution in [3.8, 4) is 0 Å². The first kappa shape index (κ1) is 24.1. The van der Waals surface area contributed by atoms with Crippen molar-refractivity contribution in [3.63, 3.8) is 0 Å². The third-order valence-corrected chi connectivity index (χ3v) is 4.80. The fourth-order valence-electron chi connectivity index (χ4n) is 2.55. The molecule has 2 rings (SSSR count). The summed E-state index contributed by atoms with van der Waals surface area (Å²) in [5, 5.41) is 2.83. The standard InChI is InChI=1S/C16H23BrN4O2.2ClH/c1-10(11(2)18)16(23)21-7-5-12(6-8-21)15(22)20-14-4-3-13(17)9-19-14;;/h3-4,9-12H,5-8,18H2,1-2H3,(H,19,20,22);2*1H.